The number of nitrogens with zero attached hydrogens (tertiary/aromatic N) is 1. The van der Waals surface area contributed by atoms with Gasteiger partial charge in [0.1, 0.15) is 6.04 Å². The van der Waals surface area contributed by atoms with E-state index in [-0.39, 0.29) is 18.4 Å². The van der Waals surface area contributed by atoms with Gasteiger partial charge in [0.25, 0.3) is 11.8 Å². The summed E-state index contributed by atoms with van der Waals surface area (Å²) in [6.07, 6.45) is 4.57. The Hall–Kier alpha value is -2.67. The summed E-state index contributed by atoms with van der Waals surface area (Å²) in [5, 5.41) is 4.61. The fourth-order valence-corrected chi connectivity index (χ4v) is 4.56. The Labute approximate surface area is 167 Å². The van der Waals surface area contributed by atoms with Crippen LogP contribution in [0.15, 0.2) is 35.7 Å². The summed E-state index contributed by atoms with van der Waals surface area (Å²) < 4.78 is 5.21. The second-order valence-corrected chi connectivity index (χ2v) is 8.07. The highest BCUT2D eigenvalue weighted by Crippen LogP contribution is 2.25. The van der Waals surface area contributed by atoms with Gasteiger partial charge in [0.2, 0.25) is 0 Å². The first-order valence-corrected chi connectivity index (χ1v) is 10.4. The Kier molecular flexibility index (Phi) is 5.43. The smallest absolute Gasteiger partial charge is 0.329 e. The second-order valence-electron chi connectivity index (χ2n) is 7.13. The van der Waals surface area contributed by atoms with Crippen LogP contribution in [0, 0.1) is 0 Å². The molecule has 146 valence electrons. The molecule has 1 saturated heterocycles. The van der Waals surface area contributed by atoms with Crippen molar-refractivity contribution in [1.82, 2.24) is 4.90 Å². The SMILES string of the molecule is O=C(COC(=O)[C@@H]1CCCN1C(=O)c1cccs1)Nc1ccc2c(c1)CCC2. The summed E-state index contributed by atoms with van der Waals surface area (Å²) in [6, 6.07) is 8.84. The van der Waals surface area contributed by atoms with Gasteiger partial charge in [-0.15, -0.1) is 11.3 Å². The topological polar surface area (TPSA) is 75.7 Å². The molecule has 0 saturated carbocycles. The zero-order valence-electron chi connectivity index (χ0n) is 15.5. The maximum atomic E-state index is 12.5. The van der Waals surface area contributed by atoms with Crippen molar-refractivity contribution in [2.24, 2.45) is 0 Å². The monoisotopic (exact) mass is 398 g/mol. The number of rotatable bonds is 5. The predicted octanol–water partition coefficient (Wildman–Crippen LogP) is 3.02. The number of anilines is 1. The standard InChI is InChI=1S/C21H22N2O4S/c24-19(22-16-9-8-14-4-1-5-15(14)12-16)13-27-21(26)17-6-2-10-23(17)20(25)18-7-3-11-28-18/h3,7-9,11-12,17H,1-2,4-6,10,13H2,(H,22,24)/t17-/m0/s1. The van der Waals surface area contributed by atoms with Gasteiger partial charge in [0.05, 0.1) is 4.88 Å². The molecule has 7 heteroatoms. The normalized spacial score (nSPS) is 18.0. The Morgan fingerprint density at radius 1 is 1.14 bits per heavy atom. The largest absolute Gasteiger partial charge is 0.454 e. The van der Waals surface area contributed by atoms with E-state index in [9.17, 15) is 14.4 Å². The van der Waals surface area contributed by atoms with Crippen molar-refractivity contribution in [2.45, 2.75) is 38.1 Å². The number of likely N-dealkylation sites (tertiary alicyclic amines) is 1. The fourth-order valence-electron chi connectivity index (χ4n) is 3.88. The number of carbonyl (C=O) groups is 3. The zero-order valence-corrected chi connectivity index (χ0v) is 16.3. The first-order valence-electron chi connectivity index (χ1n) is 9.54. The summed E-state index contributed by atoms with van der Waals surface area (Å²) in [4.78, 5) is 39.3. The lowest BCUT2D eigenvalue weighted by Crippen LogP contribution is -2.41. The molecule has 2 aromatic rings. The van der Waals surface area contributed by atoms with Crippen molar-refractivity contribution >= 4 is 34.8 Å². The maximum Gasteiger partial charge on any atom is 0.329 e. The van der Waals surface area contributed by atoms with E-state index in [1.165, 1.54) is 22.5 Å². The number of ether oxygens (including phenoxy) is 1. The minimum Gasteiger partial charge on any atom is -0.454 e. The molecule has 1 atom stereocenters. The van der Waals surface area contributed by atoms with Gasteiger partial charge in [-0.05, 0) is 66.8 Å². The molecule has 1 N–H and O–H groups in total. The van der Waals surface area contributed by atoms with Gasteiger partial charge < -0.3 is 15.0 Å². The van der Waals surface area contributed by atoms with E-state index < -0.39 is 12.0 Å². The van der Waals surface area contributed by atoms with Crippen LogP contribution in [-0.2, 0) is 27.2 Å². The van der Waals surface area contributed by atoms with E-state index in [0.717, 1.165) is 31.4 Å². The lowest BCUT2D eigenvalue weighted by molar-refractivity contribution is -0.151. The van der Waals surface area contributed by atoms with Crippen LogP contribution in [0.4, 0.5) is 5.69 Å². The van der Waals surface area contributed by atoms with Crippen LogP contribution in [0.5, 0.6) is 0 Å². The van der Waals surface area contributed by atoms with Crippen LogP contribution in [0.3, 0.4) is 0 Å². The van der Waals surface area contributed by atoms with Crippen LogP contribution >= 0.6 is 11.3 Å². The molecule has 1 fully saturated rings. The van der Waals surface area contributed by atoms with Crippen molar-refractivity contribution in [1.29, 1.82) is 0 Å². The van der Waals surface area contributed by atoms with Gasteiger partial charge >= 0.3 is 5.97 Å². The molecule has 0 radical (unpaired) electrons. The number of aryl methyl sites for hydroxylation is 2. The number of benzene rings is 1. The number of carbonyl (C=O) groups excluding carboxylic acids is 3. The number of nitrogens with one attached hydrogen (secondary N) is 1. The predicted molar refractivity (Wildman–Crippen MR) is 106 cm³/mol. The van der Waals surface area contributed by atoms with Crippen molar-refractivity contribution in [3.8, 4) is 0 Å². The third-order valence-electron chi connectivity index (χ3n) is 5.25. The van der Waals surface area contributed by atoms with E-state index in [0.29, 0.717) is 17.8 Å². The first-order chi connectivity index (χ1) is 13.6. The van der Waals surface area contributed by atoms with Gasteiger partial charge in [-0.2, -0.15) is 0 Å². The van der Waals surface area contributed by atoms with Crippen LogP contribution in [-0.4, -0.2) is 41.9 Å². The van der Waals surface area contributed by atoms with Gasteiger partial charge in [0, 0.05) is 12.2 Å². The molecule has 0 bridgehead atoms. The highest BCUT2D eigenvalue weighted by molar-refractivity contribution is 7.12. The lowest BCUT2D eigenvalue weighted by atomic mass is 10.1. The average molecular weight is 398 g/mol. The Morgan fingerprint density at radius 2 is 2.00 bits per heavy atom. The summed E-state index contributed by atoms with van der Waals surface area (Å²) in [5.41, 5.74) is 3.32. The van der Waals surface area contributed by atoms with E-state index in [1.807, 2.05) is 29.6 Å². The summed E-state index contributed by atoms with van der Waals surface area (Å²) in [6.45, 7) is 0.172. The third-order valence-corrected chi connectivity index (χ3v) is 6.10. The van der Waals surface area contributed by atoms with Crippen molar-refractivity contribution in [3.63, 3.8) is 0 Å². The summed E-state index contributed by atoms with van der Waals surface area (Å²) >= 11 is 1.35. The van der Waals surface area contributed by atoms with Gasteiger partial charge in [-0.1, -0.05) is 12.1 Å². The molecule has 2 heterocycles. The Morgan fingerprint density at radius 3 is 2.82 bits per heavy atom. The van der Waals surface area contributed by atoms with Crippen LogP contribution < -0.4 is 5.32 Å². The molecule has 1 aromatic heterocycles. The van der Waals surface area contributed by atoms with E-state index in [2.05, 4.69) is 5.32 Å². The van der Waals surface area contributed by atoms with E-state index in [4.69, 9.17) is 4.74 Å². The molecule has 0 unspecified atom stereocenters. The molecule has 4 rings (SSSR count). The number of hydrogen-bond acceptors (Lipinski definition) is 5. The number of esters is 1. The first kappa shape index (κ1) is 18.7. The van der Waals surface area contributed by atoms with Crippen LogP contribution in [0.25, 0.3) is 0 Å². The molecule has 1 aromatic carbocycles. The fraction of sp³-hybridized carbons (Fsp3) is 0.381. The molecule has 0 spiro atoms. The van der Waals surface area contributed by atoms with Crippen LogP contribution in [0.1, 0.15) is 40.1 Å². The number of hydrogen-bond donors (Lipinski definition) is 1. The van der Waals surface area contributed by atoms with Gasteiger partial charge in [-0.25, -0.2) is 4.79 Å². The molecule has 2 aliphatic rings. The quantitative estimate of drug-likeness (QED) is 0.786. The third kappa shape index (κ3) is 3.94. The average Bonchev–Trinajstić information content (AvgIpc) is 3.46. The lowest BCUT2D eigenvalue weighted by Gasteiger charge is -2.22. The highest BCUT2D eigenvalue weighted by atomic mass is 32.1. The molecular weight excluding hydrogens is 376 g/mol. The number of amides is 2. The Bertz CT molecular complexity index is 894. The minimum atomic E-state index is -0.623. The Balaban J connectivity index is 1.31. The summed E-state index contributed by atoms with van der Waals surface area (Å²) in [5.74, 6) is -1.05. The molecule has 28 heavy (non-hydrogen) atoms. The van der Waals surface area contributed by atoms with Gasteiger partial charge in [-0.3, -0.25) is 9.59 Å². The van der Waals surface area contributed by atoms with E-state index >= 15 is 0 Å². The summed E-state index contributed by atoms with van der Waals surface area (Å²) in [7, 11) is 0. The van der Waals surface area contributed by atoms with Crippen molar-refractivity contribution < 1.29 is 19.1 Å². The van der Waals surface area contributed by atoms with Crippen molar-refractivity contribution in [2.75, 3.05) is 18.5 Å². The molecule has 2 amide bonds. The molecule has 1 aliphatic carbocycles. The number of fused-ring (bicyclic) bond motifs is 1. The zero-order chi connectivity index (χ0) is 19.5. The van der Waals surface area contributed by atoms with E-state index in [1.54, 1.807) is 11.0 Å². The molecular formula is C21H22N2O4S. The number of thiophene rings is 1. The molecule has 6 nitrogen and oxygen atoms in total. The van der Waals surface area contributed by atoms with Crippen molar-refractivity contribution in [3.05, 3.63) is 51.7 Å². The maximum absolute atomic E-state index is 12.5. The second kappa shape index (κ2) is 8.14. The highest BCUT2D eigenvalue weighted by Gasteiger charge is 2.36. The van der Waals surface area contributed by atoms with Crippen LogP contribution in [0.2, 0.25) is 0 Å². The minimum absolute atomic E-state index is 0.156. The van der Waals surface area contributed by atoms with Gasteiger partial charge in [0.15, 0.2) is 6.61 Å². The molecule has 1 aliphatic heterocycles.